The van der Waals surface area contributed by atoms with Crippen LogP contribution in [0.15, 0.2) is 24.3 Å². The highest BCUT2D eigenvalue weighted by atomic mass is 35.5. The molecular formula is C14H15Cl2N3O. The molecule has 1 aromatic heterocycles. The highest BCUT2D eigenvalue weighted by molar-refractivity contribution is 6.36. The second-order valence-corrected chi connectivity index (χ2v) is 5.29. The number of aromatic nitrogens is 2. The number of nitrogens with zero attached hydrogens (tertiary/aromatic N) is 2. The van der Waals surface area contributed by atoms with Gasteiger partial charge in [-0.2, -0.15) is 0 Å². The summed E-state index contributed by atoms with van der Waals surface area (Å²) in [6.45, 7) is 3.97. The molecule has 0 spiro atoms. The molecule has 0 saturated carbocycles. The monoisotopic (exact) mass is 311 g/mol. The van der Waals surface area contributed by atoms with Crippen LogP contribution in [0.3, 0.4) is 0 Å². The summed E-state index contributed by atoms with van der Waals surface area (Å²) in [6.07, 6.45) is -0.813. The maximum atomic E-state index is 10.2. The molecule has 1 heterocycles. The largest absolute Gasteiger partial charge is 0.386 e. The van der Waals surface area contributed by atoms with Crippen LogP contribution in [0, 0.1) is 13.8 Å². The first-order valence-corrected chi connectivity index (χ1v) is 6.91. The quantitative estimate of drug-likeness (QED) is 0.906. The normalized spacial score (nSPS) is 12.2. The summed E-state index contributed by atoms with van der Waals surface area (Å²) >= 11 is 12.1. The second-order valence-electron chi connectivity index (χ2n) is 4.47. The lowest BCUT2D eigenvalue weighted by molar-refractivity contribution is 0.191. The molecule has 0 radical (unpaired) electrons. The first-order valence-electron chi connectivity index (χ1n) is 6.15. The Labute approximate surface area is 127 Å². The topological polar surface area (TPSA) is 58.0 Å². The molecule has 2 N–H and O–H groups in total. The standard InChI is InChI=1S/C14H15Cl2N3O/c1-8-6-13(19-9(2)18-8)17-7-12(20)14-10(15)4-3-5-11(14)16/h3-6,12,20H,7H2,1-2H3,(H,17,18,19). The lowest BCUT2D eigenvalue weighted by atomic mass is 10.1. The van der Waals surface area contributed by atoms with E-state index in [1.165, 1.54) is 0 Å². The zero-order valence-corrected chi connectivity index (χ0v) is 12.7. The van der Waals surface area contributed by atoms with Crippen LogP contribution in [-0.2, 0) is 0 Å². The molecule has 0 saturated heterocycles. The van der Waals surface area contributed by atoms with E-state index in [4.69, 9.17) is 23.2 Å². The van der Waals surface area contributed by atoms with Gasteiger partial charge >= 0.3 is 0 Å². The summed E-state index contributed by atoms with van der Waals surface area (Å²) < 4.78 is 0. The Morgan fingerprint density at radius 2 is 1.85 bits per heavy atom. The number of hydrogen-bond acceptors (Lipinski definition) is 4. The van der Waals surface area contributed by atoms with Crippen molar-refractivity contribution in [3.8, 4) is 0 Å². The van der Waals surface area contributed by atoms with E-state index in [0.717, 1.165) is 5.69 Å². The summed E-state index contributed by atoms with van der Waals surface area (Å²) in [5.74, 6) is 1.34. The van der Waals surface area contributed by atoms with Gasteiger partial charge in [-0.25, -0.2) is 9.97 Å². The van der Waals surface area contributed by atoms with E-state index in [1.54, 1.807) is 18.2 Å². The molecule has 0 aliphatic carbocycles. The predicted octanol–water partition coefficient (Wildman–Crippen LogP) is 3.55. The summed E-state index contributed by atoms with van der Waals surface area (Å²) in [5.41, 5.74) is 1.39. The minimum Gasteiger partial charge on any atom is -0.386 e. The van der Waals surface area contributed by atoms with Gasteiger partial charge in [-0.1, -0.05) is 29.3 Å². The molecule has 0 aliphatic rings. The molecule has 0 aliphatic heterocycles. The number of nitrogens with one attached hydrogen (secondary N) is 1. The van der Waals surface area contributed by atoms with Crippen LogP contribution in [0.1, 0.15) is 23.2 Å². The van der Waals surface area contributed by atoms with Crippen LogP contribution >= 0.6 is 23.2 Å². The Morgan fingerprint density at radius 3 is 2.45 bits per heavy atom. The van der Waals surface area contributed by atoms with E-state index in [9.17, 15) is 5.11 Å². The van der Waals surface area contributed by atoms with Gasteiger partial charge in [-0.15, -0.1) is 0 Å². The van der Waals surface area contributed by atoms with Crippen molar-refractivity contribution < 1.29 is 5.11 Å². The van der Waals surface area contributed by atoms with Crippen LogP contribution in [0.4, 0.5) is 5.82 Å². The smallest absolute Gasteiger partial charge is 0.130 e. The second kappa shape index (κ2) is 6.39. The fraction of sp³-hybridized carbons (Fsp3) is 0.286. The number of aliphatic hydroxyl groups excluding tert-OH is 1. The van der Waals surface area contributed by atoms with Crippen LogP contribution in [0.5, 0.6) is 0 Å². The van der Waals surface area contributed by atoms with Gasteiger partial charge in [0.15, 0.2) is 0 Å². The summed E-state index contributed by atoms with van der Waals surface area (Å²) in [5, 5.41) is 14.2. The maximum Gasteiger partial charge on any atom is 0.130 e. The van der Waals surface area contributed by atoms with Gasteiger partial charge in [0.1, 0.15) is 11.6 Å². The van der Waals surface area contributed by atoms with Crippen molar-refractivity contribution in [2.45, 2.75) is 20.0 Å². The van der Waals surface area contributed by atoms with Gasteiger partial charge in [0.25, 0.3) is 0 Å². The summed E-state index contributed by atoms with van der Waals surface area (Å²) in [7, 11) is 0. The molecule has 106 valence electrons. The number of rotatable bonds is 4. The van der Waals surface area contributed by atoms with Crippen molar-refractivity contribution in [2.24, 2.45) is 0 Å². The number of aliphatic hydroxyl groups is 1. The van der Waals surface area contributed by atoms with Gasteiger partial charge < -0.3 is 10.4 Å². The van der Waals surface area contributed by atoms with E-state index in [0.29, 0.717) is 27.3 Å². The Morgan fingerprint density at radius 1 is 1.20 bits per heavy atom. The number of aryl methyl sites for hydroxylation is 2. The fourth-order valence-corrected chi connectivity index (χ4v) is 2.59. The van der Waals surface area contributed by atoms with Crippen molar-refractivity contribution in [1.82, 2.24) is 9.97 Å². The van der Waals surface area contributed by atoms with Gasteiger partial charge in [0.2, 0.25) is 0 Å². The van der Waals surface area contributed by atoms with Crippen molar-refractivity contribution in [2.75, 3.05) is 11.9 Å². The van der Waals surface area contributed by atoms with E-state index in [1.807, 2.05) is 19.9 Å². The molecule has 20 heavy (non-hydrogen) atoms. The third-order valence-electron chi connectivity index (χ3n) is 2.78. The maximum absolute atomic E-state index is 10.2. The van der Waals surface area contributed by atoms with Crippen molar-refractivity contribution >= 4 is 29.0 Å². The molecule has 0 fully saturated rings. The third-order valence-corrected chi connectivity index (χ3v) is 3.43. The minimum atomic E-state index is -0.813. The Kier molecular flexibility index (Phi) is 4.81. The van der Waals surface area contributed by atoms with Gasteiger partial charge in [0, 0.05) is 33.9 Å². The number of hydrogen-bond donors (Lipinski definition) is 2. The summed E-state index contributed by atoms with van der Waals surface area (Å²) in [4.78, 5) is 8.44. The minimum absolute atomic E-state index is 0.263. The zero-order valence-electron chi connectivity index (χ0n) is 11.2. The Hall–Kier alpha value is -1.36. The van der Waals surface area contributed by atoms with E-state index >= 15 is 0 Å². The average Bonchev–Trinajstić information content (AvgIpc) is 2.35. The van der Waals surface area contributed by atoms with E-state index in [2.05, 4.69) is 15.3 Å². The van der Waals surface area contributed by atoms with Crippen LogP contribution in [-0.4, -0.2) is 21.6 Å². The van der Waals surface area contributed by atoms with Crippen LogP contribution in [0.2, 0.25) is 10.0 Å². The van der Waals surface area contributed by atoms with Crippen LogP contribution < -0.4 is 5.32 Å². The third kappa shape index (κ3) is 3.60. The lowest BCUT2D eigenvalue weighted by Gasteiger charge is -2.15. The molecule has 4 nitrogen and oxygen atoms in total. The molecule has 0 bridgehead atoms. The number of benzene rings is 1. The van der Waals surface area contributed by atoms with Gasteiger partial charge in [-0.3, -0.25) is 0 Å². The molecule has 1 unspecified atom stereocenters. The van der Waals surface area contributed by atoms with Crippen LogP contribution in [0.25, 0.3) is 0 Å². The molecule has 1 aromatic carbocycles. The van der Waals surface area contributed by atoms with Gasteiger partial charge in [-0.05, 0) is 26.0 Å². The van der Waals surface area contributed by atoms with Gasteiger partial charge in [0.05, 0.1) is 6.10 Å². The fourth-order valence-electron chi connectivity index (χ4n) is 1.94. The Bertz CT molecular complexity index is 579. The van der Waals surface area contributed by atoms with Crippen molar-refractivity contribution in [3.63, 3.8) is 0 Å². The first kappa shape index (κ1) is 15.0. The molecule has 2 aromatic rings. The molecular weight excluding hydrogens is 297 g/mol. The highest BCUT2D eigenvalue weighted by Gasteiger charge is 2.15. The average molecular weight is 312 g/mol. The predicted molar refractivity (Wildman–Crippen MR) is 81.4 cm³/mol. The Balaban J connectivity index is 2.10. The molecule has 2 rings (SSSR count). The zero-order chi connectivity index (χ0) is 14.7. The molecule has 1 atom stereocenters. The van der Waals surface area contributed by atoms with Crippen molar-refractivity contribution in [1.29, 1.82) is 0 Å². The summed E-state index contributed by atoms with van der Waals surface area (Å²) in [6, 6.07) is 6.95. The first-order chi connectivity index (χ1) is 9.47. The molecule has 0 amide bonds. The number of halogens is 2. The molecule has 6 heteroatoms. The lowest BCUT2D eigenvalue weighted by Crippen LogP contribution is -2.14. The number of anilines is 1. The van der Waals surface area contributed by atoms with Crippen molar-refractivity contribution in [3.05, 3.63) is 51.4 Å². The van der Waals surface area contributed by atoms with E-state index < -0.39 is 6.10 Å². The highest BCUT2D eigenvalue weighted by Crippen LogP contribution is 2.30. The van der Waals surface area contributed by atoms with E-state index in [-0.39, 0.29) is 6.54 Å². The SMILES string of the molecule is Cc1cc(NCC(O)c2c(Cl)cccc2Cl)nc(C)n1.